The lowest BCUT2D eigenvalue weighted by Crippen LogP contribution is -2.49. The summed E-state index contributed by atoms with van der Waals surface area (Å²) in [5.74, 6) is 0.455. The van der Waals surface area contributed by atoms with E-state index in [9.17, 15) is 4.79 Å². The third-order valence-corrected chi connectivity index (χ3v) is 3.94. The second-order valence-corrected chi connectivity index (χ2v) is 6.14. The zero-order valence-corrected chi connectivity index (χ0v) is 12.4. The van der Waals surface area contributed by atoms with Crippen molar-refractivity contribution in [2.75, 3.05) is 12.3 Å². The molecule has 0 bridgehead atoms. The Morgan fingerprint density at radius 3 is 2.40 bits per heavy atom. The highest BCUT2D eigenvalue weighted by molar-refractivity contribution is 5.75. The number of benzene rings is 1. The maximum Gasteiger partial charge on any atom is 0.315 e. The highest BCUT2D eigenvalue weighted by Crippen LogP contribution is 2.38. The monoisotopic (exact) mass is 275 g/mol. The molecule has 0 aliphatic heterocycles. The van der Waals surface area contributed by atoms with Crippen LogP contribution in [-0.2, 0) is 5.54 Å². The van der Waals surface area contributed by atoms with Crippen molar-refractivity contribution >= 4 is 11.7 Å². The maximum absolute atomic E-state index is 12.1. The van der Waals surface area contributed by atoms with Crippen molar-refractivity contribution in [3.63, 3.8) is 0 Å². The third kappa shape index (κ3) is 3.44. The van der Waals surface area contributed by atoms with Crippen molar-refractivity contribution in [3.05, 3.63) is 29.8 Å². The minimum absolute atomic E-state index is 0.0718. The number of anilines is 1. The van der Waals surface area contributed by atoms with E-state index in [0.29, 0.717) is 12.5 Å². The molecule has 1 saturated carbocycles. The molecule has 0 spiro atoms. The summed E-state index contributed by atoms with van der Waals surface area (Å²) >= 11 is 0. The molecule has 2 amide bonds. The zero-order valence-electron chi connectivity index (χ0n) is 12.4. The van der Waals surface area contributed by atoms with Gasteiger partial charge in [-0.15, -0.1) is 0 Å². The Morgan fingerprint density at radius 1 is 1.25 bits per heavy atom. The zero-order chi connectivity index (χ0) is 14.6. The Morgan fingerprint density at radius 2 is 1.85 bits per heavy atom. The molecule has 4 N–H and O–H groups in total. The summed E-state index contributed by atoms with van der Waals surface area (Å²) in [5, 5.41) is 6.13. The molecule has 0 saturated heterocycles. The maximum atomic E-state index is 12.1. The first-order valence-corrected chi connectivity index (χ1v) is 7.44. The van der Waals surface area contributed by atoms with Gasteiger partial charge in [-0.05, 0) is 36.5 Å². The summed E-state index contributed by atoms with van der Waals surface area (Å²) in [5.41, 5.74) is 7.44. The quantitative estimate of drug-likeness (QED) is 0.739. The number of amides is 2. The standard InChI is InChI=1S/C16H25N3O/c1-12(2)11-18-15(20)19-16(9-3-4-10-16)13-5-7-14(17)8-6-13/h5-8,12H,3-4,9-11,17H2,1-2H3,(H2,18,19,20). The van der Waals surface area contributed by atoms with Crippen LogP contribution in [0.3, 0.4) is 0 Å². The van der Waals surface area contributed by atoms with Crippen LogP contribution in [0, 0.1) is 5.92 Å². The summed E-state index contributed by atoms with van der Waals surface area (Å²) < 4.78 is 0. The fourth-order valence-corrected chi connectivity index (χ4v) is 2.82. The van der Waals surface area contributed by atoms with Gasteiger partial charge in [0.25, 0.3) is 0 Å². The Bertz CT molecular complexity index is 447. The molecular formula is C16H25N3O. The van der Waals surface area contributed by atoms with E-state index in [1.54, 1.807) is 0 Å². The lowest BCUT2D eigenvalue weighted by atomic mass is 9.88. The van der Waals surface area contributed by atoms with Crippen molar-refractivity contribution in [1.29, 1.82) is 0 Å². The Labute approximate surface area is 121 Å². The molecule has 1 fully saturated rings. The summed E-state index contributed by atoms with van der Waals surface area (Å²) in [6, 6.07) is 7.80. The van der Waals surface area contributed by atoms with E-state index in [1.807, 2.05) is 24.3 Å². The van der Waals surface area contributed by atoms with E-state index >= 15 is 0 Å². The van der Waals surface area contributed by atoms with Crippen molar-refractivity contribution in [2.24, 2.45) is 5.92 Å². The molecule has 1 aliphatic rings. The topological polar surface area (TPSA) is 67.2 Å². The SMILES string of the molecule is CC(C)CNC(=O)NC1(c2ccc(N)cc2)CCCC1. The Balaban J connectivity index is 2.10. The van der Waals surface area contributed by atoms with Gasteiger partial charge in [0.1, 0.15) is 0 Å². The van der Waals surface area contributed by atoms with Crippen LogP contribution in [0.2, 0.25) is 0 Å². The van der Waals surface area contributed by atoms with E-state index in [2.05, 4.69) is 24.5 Å². The number of urea groups is 1. The van der Waals surface area contributed by atoms with Crippen LogP contribution in [0.15, 0.2) is 24.3 Å². The molecule has 1 aliphatic carbocycles. The van der Waals surface area contributed by atoms with Crippen LogP contribution < -0.4 is 16.4 Å². The molecule has 0 unspecified atom stereocenters. The lowest BCUT2D eigenvalue weighted by molar-refractivity contribution is 0.223. The van der Waals surface area contributed by atoms with E-state index in [0.717, 1.165) is 36.9 Å². The van der Waals surface area contributed by atoms with Crippen LogP contribution in [-0.4, -0.2) is 12.6 Å². The first-order chi connectivity index (χ1) is 9.52. The molecule has 20 heavy (non-hydrogen) atoms. The number of nitrogens with two attached hydrogens (primary N) is 1. The number of nitrogen functional groups attached to an aromatic ring is 1. The van der Waals surface area contributed by atoms with Gasteiger partial charge < -0.3 is 16.4 Å². The smallest absolute Gasteiger partial charge is 0.315 e. The second kappa shape index (κ2) is 6.16. The summed E-state index contributed by atoms with van der Waals surface area (Å²) in [6.45, 7) is 4.88. The van der Waals surface area contributed by atoms with Crippen LogP contribution in [0.1, 0.15) is 45.1 Å². The van der Waals surface area contributed by atoms with Crippen molar-refractivity contribution in [3.8, 4) is 0 Å². The minimum Gasteiger partial charge on any atom is -0.399 e. The van der Waals surface area contributed by atoms with Gasteiger partial charge in [0.2, 0.25) is 0 Å². The molecular weight excluding hydrogens is 250 g/mol. The number of rotatable bonds is 4. The predicted molar refractivity (Wildman–Crippen MR) is 82.4 cm³/mol. The fourth-order valence-electron chi connectivity index (χ4n) is 2.82. The molecule has 1 aromatic carbocycles. The van der Waals surface area contributed by atoms with Gasteiger partial charge >= 0.3 is 6.03 Å². The van der Waals surface area contributed by atoms with Crippen LogP contribution >= 0.6 is 0 Å². The first kappa shape index (κ1) is 14.7. The number of nitrogens with one attached hydrogen (secondary N) is 2. The number of hydrogen-bond donors (Lipinski definition) is 3. The first-order valence-electron chi connectivity index (χ1n) is 7.44. The lowest BCUT2D eigenvalue weighted by Gasteiger charge is -2.31. The molecule has 0 heterocycles. The predicted octanol–water partition coefficient (Wildman–Crippen LogP) is 2.99. The molecule has 2 rings (SSSR count). The van der Waals surface area contributed by atoms with Crippen LogP contribution in [0.4, 0.5) is 10.5 Å². The molecule has 1 aromatic rings. The van der Waals surface area contributed by atoms with E-state index in [1.165, 1.54) is 0 Å². The van der Waals surface area contributed by atoms with Gasteiger partial charge in [-0.2, -0.15) is 0 Å². The van der Waals surface area contributed by atoms with E-state index in [-0.39, 0.29) is 11.6 Å². The number of carbonyl (C=O) groups is 1. The molecule has 4 nitrogen and oxygen atoms in total. The van der Waals surface area contributed by atoms with Crippen molar-refractivity contribution in [1.82, 2.24) is 10.6 Å². The van der Waals surface area contributed by atoms with E-state index in [4.69, 9.17) is 5.73 Å². The van der Waals surface area contributed by atoms with Crippen LogP contribution in [0.5, 0.6) is 0 Å². The average molecular weight is 275 g/mol. The van der Waals surface area contributed by atoms with Crippen molar-refractivity contribution in [2.45, 2.75) is 45.1 Å². The number of carbonyl (C=O) groups excluding carboxylic acids is 1. The highest BCUT2D eigenvalue weighted by Gasteiger charge is 2.36. The third-order valence-electron chi connectivity index (χ3n) is 3.94. The van der Waals surface area contributed by atoms with Gasteiger partial charge in [0.15, 0.2) is 0 Å². The molecule has 0 radical (unpaired) electrons. The van der Waals surface area contributed by atoms with Gasteiger partial charge in [0, 0.05) is 12.2 Å². The highest BCUT2D eigenvalue weighted by atomic mass is 16.2. The Kier molecular flexibility index (Phi) is 4.53. The van der Waals surface area contributed by atoms with Gasteiger partial charge in [-0.1, -0.05) is 38.8 Å². The summed E-state index contributed by atoms with van der Waals surface area (Å²) in [6.07, 6.45) is 4.28. The molecule has 4 heteroatoms. The molecule has 110 valence electrons. The van der Waals surface area contributed by atoms with Gasteiger partial charge in [-0.25, -0.2) is 4.79 Å². The second-order valence-electron chi connectivity index (χ2n) is 6.14. The number of hydrogen-bond acceptors (Lipinski definition) is 2. The fraction of sp³-hybridized carbons (Fsp3) is 0.562. The normalized spacial score (nSPS) is 17.1. The average Bonchev–Trinajstić information content (AvgIpc) is 2.87. The molecule has 0 aromatic heterocycles. The molecule has 0 atom stereocenters. The van der Waals surface area contributed by atoms with Crippen molar-refractivity contribution < 1.29 is 4.79 Å². The minimum atomic E-state index is -0.227. The summed E-state index contributed by atoms with van der Waals surface area (Å²) in [4.78, 5) is 12.1. The van der Waals surface area contributed by atoms with Gasteiger partial charge in [-0.3, -0.25) is 0 Å². The largest absolute Gasteiger partial charge is 0.399 e. The summed E-state index contributed by atoms with van der Waals surface area (Å²) in [7, 11) is 0. The van der Waals surface area contributed by atoms with E-state index < -0.39 is 0 Å². The van der Waals surface area contributed by atoms with Crippen LogP contribution in [0.25, 0.3) is 0 Å². The Hall–Kier alpha value is -1.71. The van der Waals surface area contributed by atoms with Gasteiger partial charge in [0.05, 0.1) is 5.54 Å².